The predicted molar refractivity (Wildman–Crippen MR) is 84.7 cm³/mol. The molecule has 120 valence electrons. The van der Waals surface area contributed by atoms with Gasteiger partial charge in [-0.15, -0.1) is 0 Å². The molecule has 3 rings (SSSR count). The molecular weight excluding hydrogens is 304 g/mol. The zero-order chi connectivity index (χ0) is 15.4. The first-order valence-electron chi connectivity index (χ1n) is 7.78. The SMILES string of the molecule is O=C(CNCC1CC1)NCCc1cc(Cl)c2c(c1)OCCO2. The van der Waals surface area contributed by atoms with Crippen molar-refractivity contribution in [2.45, 2.75) is 19.3 Å². The van der Waals surface area contributed by atoms with Gasteiger partial charge in [0.2, 0.25) is 5.91 Å². The number of benzene rings is 1. The first-order valence-corrected chi connectivity index (χ1v) is 8.15. The fourth-order valence-electron chi connectivity index (χ4n) is 2.43. The largest absolute Gasteiger partial charge is 0.486 e. The van der Waals surface area contributed by atoms with Crippen LogP contribution in [0.2, 0.25) is 5.02 Å². The Morgan fingerprint density at radius 2 is 2.09 bits per heavy atom. The summed E-state index contributed by atoms with van der Waals surface area (Å²) in [6.45, 7) is 2.98. The van der Waals surface area contributed by atoms with Crippen LogP contribution in [0, 0.1) is 5.92 Å². The van der Waals surface area contributed by atoms with Gasteiger partial charge in [-0.25, -0.2) is 0 Å². The lowest BCUT2D eigenvalue weighted by molar-refractivity contribution is -0.120. The molecule has 0 saturated heterocycles. The van der Waals surface area contributed by atoms with Crippen LogP contribution in [0.15, 0.2) is 12.1 Å². The molecular formula is C16H21ClN2O3. The van der Waals surface area contributed by atoms with Gasteiger partial charge in [-0.05, 0) is 49.4 Å². The second-order valence-electron chi connectivity index (χ2n) is 5.78. The quantitative estimate of drug-likeness (QED) is 0.802. The molecule has 0 radical (unpaired) electrons. The second kappa shape index (κ2) is 7.20. The van der Waals surface area contributed by atoms with Gasteiger partial charge in [0, 0.05) is 6.54 Å². The van der Waals surface area contributed by atoms with Gasteiger partial charge in [-0.3, -0.25) is 4.79 Å². The van der Waals surface area contributed by atoms with E-state index in [9.17, 15) is 4.79 Å². The van der Waals surface area contributed by atoms with Crippen molar-refractivity contribution >= 4 is 17.5 Å². The summed E-state index contributed by atoms with van der Waals surface area (Å²) in [6, 6.07) is 3.80. The van der Waals surface area contributed by atoms with Crippen molar-refractivity contribution in [2.75, 3.05) is 32.8 Å². The maximum absolute atomic E-state index is 11.7. The van der Waals surface area contributed by atoms with Crippen LogP contribution in [0.4, 0.5) is 0 Å². The molecule has 0 spiro atoms. The van der Waals surface area contributed by atoms with Gasteiger partial charge in [-0.1, -0.05) is 11.6 Å². The first-order chi connectivity index (χ1) is 10.7. The average molecular weight is 325 g/mol. The fourth-order valence-corrected chi connectivity index (χ4v) is 2.72. The van der Waals surface area contributed by atoms with E-state index >= 15 is 0 Å². The van der Waals surface area contributed by atoms with Crippen molar-refractivity contribution in [3.63, 3.8) is 0 Å². The van der Waals surface area contributed by atoms with Gasteiger partial charge >= 0.3 is 0 Å². The minimum absolute atomic E-state index is 0.0318. The molecule has 0 aromatic heterocycles. The molecule has 1 aromatic carbocycles. The Morgan fingerprint density at radius 1 is 1.27 bits per heavy atom. The molecule has 22 heavy (non-hydrogen) atoms. The predicted octanol–water partition coefficient (Wildman–Crippen LogP) is 1.77. The maximum atomic E-state index is 11.7. The van der Waals surface area contributed by atoms with E-state index in [1.807, 2.05) is 12.1 Å². The number of amides is 1. The lowest BCUT2D eigenvalue weighted by Crippen LogP contribution is -2.35. The van der Waals surface area contributed by atoms with Gasteiger partial charge in [-0.2, -0.15) is 0 Å². The van der Waals surface area contributed by atoms with Gasteiger partial charge in [0.05, 0.1) is 11.6 Å². The van der Waals surface area contributed by atoms with E-state index in [2.05, 4.69) is 10.6 Å². The molecule has 5 nitrogen and oxygen atoms in total. The van der Waals surface area contributed by atoms with E-state index < -0.39 is 0 Å². The van der Waals surface area contributed by atoms with Crippen molar-refractivity contribution in [3.8, 4) is 11.5 Å². The second-order valence-corrected chi connectivity index (χ2v) is 6.18. The summed E-state index contributed by atoms with van der Waals surface area (Å²) in [4.78, 5) is 11.7. The third-order valence-corrected chi connectivity index (χ3v) is 4.09. The van der Waals surface area contributed by atoms with Crippen molar-refractivity contribution in [1.82, 2.24) is 10.6 Å². The highest BCUT2D eigenvalue weighted by atomic mass is 35.5. The third-order valence-electron chi connectivity index (χ3n) is 3.81. The van der Waals surface area contributed by atoms with Gasteiger partial charge in [0.15, 0.2) is 11.5 Å². The highest BCUT2D eigenvalue weighted by molar-refractivity contribution is 6.32. The Morgan fingerprint density at radius 3 is 2.91 bits per heavy atom. The topological polar surface area (TPSA) is 59.6 Å². The van der Waals surface area contributed by atoms with Crippen LogP contribution in [0.25, 0.3) is 0 Å². The first kappa shape index (κ1) is 15.4. The molecule has 0 unspecified atom stereocenters. The summed E-state index contributed by atoms with van der Waals surface area (Å²) in [5, 5.41) is 6.64. The van der Waals surface area contributed by atoms with Crippen molar-refractivity contribution in [1.29, 1.82) is 0 Å². The zero-order valence-electron chi connectivity index (χ0n) is 12.5. The van der Waals surface area contributed by atoms with Gasteiger partial charge in [0.1, 0.15) is 13.2 Å². The Bertz CT molecular complexity index is 546. The number of carbonyl (C=O) groups excluding carboxylic acids is 1. The normalized spacial score (nSPS) is 16.4. The van der Waals surface area contributed by atoms with E-state index in [1.54, 1.807) is 0 Å². The molecule has 1 aromatic rings. The number of nitrogens with one attached hydrogen (secondary N) is 2. The number of rotatable bonds is 7. The van der Waals surface area contributed by atoms with E-state index in [1.165, 1.54) is 12.8 Å². The van der Waals surface area contributed by atoms with E-state index in [4.69, 9.17) is 21.1 Å². The van der Waals surface area contributed by atoms with Crippen LogP contribution in [0.3, 0.4) is 0 Å². The summed E-state index contributed by atoms with van der Waals surface area (Å²) in [7, 11) is 0. The minimum Gasteiger partial charge on any atom is -0.486 e. The van der Waals surface area contributed by atoms with Crippen molar-refractivity contribution in [3.05, 3.63) is 22.7 Å². The molecule has 1 amide bonds. The van der Waals surface area contributed by atoms with Crippen LogP contribution in [0.5, 0.6) is 11.5 Å². The Hall–Kier alpha value is -1.46. The Labute approximate surface area is 135 Å². The summed E-state index contributed by atoms with van der Waals surface area (Å²) >= 11 is 6.19. The number of fused-ring (bicyclic) bond motifs is 1. The molecule has 0 bridgehead atoms. The summed E-state index contributed by atoms with van der Waals surface area (Å²) < 4.78 is 11.0. The summed E-state index contributed by atoms with van der Waals surface area (Å²) in [5.74, 6) is 2.12. The van der Waals surface area contributed by atoms with Crippen LogP contribution in [-0.2, 0) is 11.2 Å². The third kappa shape index (κ3) is 4.27. The fraction of sp³-hybridized carbons (Fsp3) is 0.562. The number of hydrogen-bond donors (Lipinski definition) is 2. The smallest absolute Gasteiger partial charge is 0.233 e. The maximum Gasteiger partial charge on any atom is 0.233 e. The highest BCUT2D eigenvalue weighted by Crippen LogP contribution is 2.38. The molecule has 0 atom stereocenters. The molecule has 2 N–H and O–H groups in total. The number of halogens is 1. The van der Waals surface area contributed by atoms with Crippen LogP contribution in [0.1, 0.15) is 18.4 Å². The molecule has 1 heterocycles. The molecule has 1 aliphatic heterocycles. The van der Waals surface area contributed by atoms with Crippen LogP contribution >= 0.6 is 11.6 Å². The lowest BCUT2D eigenvalue weighted by Gasteiger charge is -2.20. The van der Waals surface area contributed by atoms with E-state index in [-0.39, 0.29) is 5.91 Å². The molecule has 6 heteroatoms. The molecule has 1 saturated carbocycles. The van der Waals surface area contributed by atoms with Crippen LogP contribution in [-0.4, -0.2) is 38.8 Å². The molecule has 2 aliphatic rings. The average Bonchev–Trinajstić information content (AvgIpc) is 3.32. The summed E-state index contributed by atoms with van der Waals surface area (Å²) in [5.41, 5.74) is 1.03. The number of ether oxygens (including phenoxy) is 2. The minimum atomic E-state index is 0.0318. The number of carbonyl (C=O) groups is 1. The van der Waals surface area contributed by atoms with E-state index in [0.717, 1.165) is 18.0 Å². The standard InChI is InChI=1S/C16H21ClN2O3/c17-13-7-12(8-14-16(13)22-6-5-21-14)3-4-19-15(20)10-18-9-11-1-2-11/h7-8,11,18H,1-6,9-10H2,(H,19,20). The van der Waals surface area contributed by atoms with E-state index in [0.29, 0.717) is 49.2 Å². The molecule has 1 fully saturated rings. The molecule has 1 aliphatic carbocycles. The van der Waals surface area contributed by atoms with Crippen molar-refractivity contribution in [2.24, 2.45) is 5.92 Å². The lowest BCUT2D eigenvalue weighted by atomic mass is 10.1. The number of hydrogen-bond acceptors (Lipinski definition) is 4. The zero-order valence-corrected chi connectivity index (χ0v) is 13.2. The summed E-state index contributed by atoms with van der Waals surface area (Å²) in [6.07, 6.45) is 3.30. The van der Waals surface area contributed by atoms with Gasteiger partial charge in [0.25, 0.3) is 0 Å². The Balaban J connectivity index is 1.42. The highest BCUT2D eigenvalue weighted by Gasteiger charge is 2.20. The van der Waals surface area contributed by atoms with Gasteiger partial charge < -0.3 is 20.1 Å². The Kier molecular flexibility index (Phi) is 5.05. The van der Waals surface area contributed by atoms with Crippen molar-refractivity contribution < 1.29 is 14.3 Å². The monoisotopic (exact) mass is 324 g/mol. The van der Waals surface area contributed by atoms with Crippen LogP contribution < -0.4 is 20.1 Å².